The molecule has 1 aliphatic rings. The van der Waals surface area contributed by atoms with Gasteiger partial charge in [0.15, 0.2) is 17.3 Å². The summed E-state index contributed by atoms with van der Waals surface area (Å²) in [6.45, 7) is 3.79. The van der Waals surface area contributed by atoms with Gasteiger partial charge in [0, 0.05) is 61.5 Å². The second-order valence-electron chi connectivity index (χ2n) is 9.88. The molecular formula is C29H26N10O. The standard InChI is InChI=1S/C29H26N10O/c1-38-9-11-39(12-10-38)28-25-23(7-8-31-28)34-27(35-25)24-22-14-20(16-32-26(22)37-36-24)19-13-21(17-30-15-19)33-29(40)18-5-3-2-4-6-18/h2-8,13-17H,9-12H2,1H3,(H,33,40)(H,34,35)(H,32,36,37). The van der Waals surface area contributed by atoms with Crippen LogP contribution in [0.15, 0.2) is 73.3 Å². The van der Waals surface area contributed by atoms with Crippen LogP contribution in [-0.4, -0.2) is 79.2 Å². The van der Waals surface area contributed by atoms with E-state index in [1.807, 2.05) is 42.6 Å². The lowest BCUT2D eigenvalue weighted by Crippen LogP contribution is -2.44. The molecule has 0 atom stereocenters. The first kappa shape index (κ1) is 23.9. The fourth-order valence-corrected chi connectivity index (χ4v) is 4.99. The number of nitrogens with one attached hydrogen (secondary N) is 3. The maximum atomic E-state index is 12.6. The van der Waals surface area contributed by atoms with Gasteiger partial charge in [0.05, 0.1) is 22.8 Å². The minimum Gasteiger partial charge on any atom is -0.352 e. The molecule has 40 heavy (non-hydrogen) atoms. The number of aromatic nitrogens is 7. The summed E-state index contributed by atoms with van der Waals surface area (Å²) >= 11 is 0. The van der Waals surface area contributed by atoms with Crippen molar-refractivity contribution in [3.8, 4) is 22.6 Å². The molecule has 1 aromatic carbocycles. The van der Waals surface area contributed by atoms with Crippen molar-refractivity contribution in [1.29, 1.82) is 0 Å². The summed E-state index contributed by atoms with van der Waals surface area (Å²) in [6, 6.07) is 14.9. The molecule has 0 bridgehead atoms. The summed E-state index contributed by atoms with van der Waals surface area (Å²) in [5, 5.41) is 11.3. The van der Waals surface area contributed by atoms with Crippen LogP contribution in [0.25, 0.3) is 44.7 Å². The Morgan fingerprint density at radius 2 is 1.77 bits per heavy atom. The number of pyridine rings is 3. The molecule has 0 saturated carbocycles. The van der Waals surface area contributed by atoms with Gasteiger partial charge in [-0.2, -0.15) is 5.10 Å². The highest BCUT2D eigenvalue weighted by Crippen LogP contribution is 2.31. The van der Waals surface area contributed by atoms with Crippen LogP contribution in [-0.2, 0) is 0 Å². The van der Waals surface area contributed by atoms with E-state index in [1.54, 1.807) is 30.7 Å². The van der Waals surface area contributed by atoms with Gasteiger partial charge in [0.1, 0.15) is 11.2 Å². The fraction of sp³-hybridized carbons (Fsp3) is 0.172. The molecule has 3 N–H and O–H groups in total. The summed E-state index contributed by atoms with van der Waals surface area (Å²) in [5.41, 5.74) is 5.91. The second-order valence-corrected chi connectivity index (χ2v) is 9.88. The van der Waals surface area contributed by atoms with E-state index >= 15 is 0 Å². The number of fused-ring (bicyclic) bond motifs is 2. The Balaban J connectivity index is 1.21. The molecule has 0 aliphatic carbocycles. The number of piperazine rings is 1. The predicted molar refractivity (Wildman–Crippen MR) is 154 cm³/mol. The van der Waals surface area contributed by atoms with Crippen molar-refractivity contribution in [1.82, 2.24) is 40.0 Å². The van der Waals surface area contributed by atoms with E-state index in [4.69, 9.17) is 4.98 Å². The van der Waals surface area contributed by atoms with Crippen molar-refractivity contribution in [2.75, 3.05) is 43.4 Å². The Morgan fingerprint density at radius 3 is 2.62 bits per heavy atom. The van der Waals surface area contributed by atoms with Gasteiger partial charge in [-0.25, -0.2) is 15.0 Å². The van der Waals surface area contributed by atoms with E-state index in [2.05, 4.69) is 52.3 Å². The van der Waals surface area contributed by atoms with Crippen molar-refractivity contribution < 1.29 is 4.79 Å². The van der Waals surface area contributed by atoms with Crippen LogP contribution >= 0.6 is 0 Å². The Labute approximate surface area is 229 Å². The van der Waals surface area contributed by atoms with Gasteiger partial charge in [-0.15, -0.1) is 0 Å². The summed E-state index contributed by atoms with van der Waals surface area (Å²) in [5.74, 6) is 1.36. The molecule has 1 fully saturated rings. The molecule has 198 valence electrons. The quantitative estimate of drug-likeness (QED) is 0.305. The number of H-pyrrole nitrogens is 2. The predicted octanol–water partition coefficient (Wildman–Crippen LogP) is 3.96. The van der Waals surface area contributed by atoms with Gasteiger partial charge in [-0.1, -0.05) is 18.2 Å². The number of amides is 1. The topological polar surface area (TPSA) is 132 Å². The number of benzene rings is 1. The number of aromatic amines is 2. The van der Waals surface area contributed by atoms with Crippen molar-refractivity contribution in [3.63, 3.8) is 0 Å². The average molecular weight is 531 g/mol. The Morgan fingerprint density at radius 1 is 0.950 bits per heavy atom. The number of imidazole rings is 1. The zero-order valence-corrected chi connectivity index (χ0v) is 21.8. The van der Waals surface area contributed by atoms with Crippen LogP contribution in [0.5, 0.6) is 0 Å². The molecule has 1 saturated heterocycles. The van der Waals surface area contributed by atoms with Crippen LogP contribution in [0.3, 0.4) is 0 Å². The Hall–Kier alpha value is -5.16. The highest BCUT2D eigenvalue weighted by atomic mass is 16.1. The maximum absolute atomic E-state index is 12.6. The van der Waals surface area contributed by atoms with Gasteiger partial charge in [-0.05, 0) is 37.4 Å². The first-order valence-corrected chi connectivity index (χ1v) is 13.1. The molecule has 1 aliphatic heterocycles. The largest absolute Gasteiger partial charge is 0.352 e. The third-order valence-corrected chi connectivity index (χ3v) is 7.20. The van der Waals surface area contributed by atoms with E-state index in [-0.39, 0.29) is 5.91 Å². The van der Waals surface area contributed by atoms with E-state index in [1.165, 1.54) is 0 Å². The van der Waals surface area contributed by atoms with E-state index in [9.17, 15) is 4.79 Å². The first-order chi connectivity index (χ1) is 19.6. The van der Waals surface area contributed by atoms with Gasteiger partial charge in [0.2, 0.25) is 0 Å². The van der Waals surface area contributed by atoms with Crippen LogP contribution < -0.4 is 10.2 Å². The minimum absolute atomic E-state index is 0.194. The first-order valence-electron chi connectivity index (χ1n) is 13.1. The van der Waals surface area contributed by atoms with Crippen LogP contribution in [0.2, 0.25) is 0 Å². The highest BCUT2D eigenvalue weighted by molar-refractivity contribution is 6.04. The number of hydrogen-bond donors (Lipinski definition) is 3. The molecule has 0 unspecified atom stereocenters. The lowest BCUT2D eigenvalue weighted by atomic mass is 10.1. The number of anilines is 2. The molecule has 1 amide bonds. The molecule has 6 heterocycles. The number of likely N-dealkylation sites (N-methyl/N-ethyl adjacent to an activating group) is 1. The smallest absolute Gasteiger partial charge is 0.255 e. The van der Waals surface area contributed by atoms with Crippen molar-refractivity contribution in [2.45, 2.75) is 0 Å². The van der Waals surface area contributed by atoms with E-state index in [0.29, 0.717) is 22.7 Å². The molecule has 0 spiro atoms. The number of nitrogens with zero attached hydrogens (tertiary/aromatic N) is 7. The Kier molecular flexibility index (Phi) is 5.90. The lowest BCUT2D eigenvalue weighted by molar-refractivity contribution is 0.102. The summed E-state index contributed by atoms with van der Waals surface area (Å²) in [7, 11) is 2.14. The van der Waals surface area contributed by atoms with E-state index in [0.717, 1.165) is 65.2 Å². The van der Waals surface area contributed by atoms with Crippen LogP contribution in [0.4, 0.5) is 11.5 Å². The molecular weight excluding hydrogens is 504 g/mol. The molecule has 5 aromatic heterocycles. The van der Waals surface area contributed by atoms with Crippen LogP contribution in [0, 0.1) is 0 Å². The molecule has 11 nitrogen and oxygen atoms in total. The van der Waals surface area contributed by atoms with Gasteiger partial charge < -0.3 is 20.1 Å². The van der Waals surface area contributed by atoms with Crippen LogP contribution in [0.1, 0.15) is 10.4 Å². The molecule has 6 aromatic rings. The number of rotatable bonds is 5. The number of carbonyl (C=O) groups is 1. The summed E-state index contributed by atoms with van der Waals surface area (Å²) in [6.07, 6.45) is 6.94. The fourth-order valence-electron chi connectivity index (χ4n) is 4.99. The third-order valence-electron chi connectivity index (χ3n) is 7.20. The average Bonchev–Trinajstić information content (AvgIpc) is 3.62. The lowest BCUT2D eigenvalue weighted by Gasteiger charge is -2.33. The van der Waals surface area contributed by atoms with Gasteiger partial charge in [0.25, 0.3) is 5.91 Å². The van der Waals surface area contributed by atoms with E-state index < -0.39 is 0 Å². The van der Waals surface area contributed by atoms with Crippen molar-refractivity contribution >= 4 is 39.5 Å². The summed E-state index contributed by atoms with van der Waals surface area (Å²) in [4.78, 5) is 39.2. The monoisotopic (exact) mass is 530 g/mol. The number of carbonyl (C=O) groups excluding carboxylic acids is 1. The maximum Gasteiger partial charge on any atom is 0.255 e. The van der Waals surface area contributed by atoms with Crippen molar-refractivity contribution in [3.05, 3.63) is 78.9 Å². The molecule has 7 rings (SSSR count). The van der Waals surface area contributed by atoms with Gasteiger partial charge >= 0.3 is 0 Å². The molecule has 0 radical (unpaired) electrons. The second kappa shape index (κ2) is 9.86. The van der Waals surface area contributed by atoms with Gasteiger partial charge in [-0.3, -0.25) is 14.9 Å². The van der Waals surface area contributed by atoms with Crippen molar-refractivity contribution in [2.24, 2.45) is 0 Å². The number of hydrogen-bond acceptors (Lipinski definition) is 8. The zero-order chi connectivity index (χ0) is 27.1. The SMILES string of the molecule is CN1CCN(c2nccc3[nH]c(-c4[nH]nc5ncc(-c6cncc(NC(=O)c7ccccc7)c6)cc45)nc23)CC1. The normalized spacial score (nSPS) is 14.2. The highest BCUT2D eigenvalue weighted by Gasteiger charge is 2.21. The Bertz CT molecular complexity index is 1840. The summed E-state index contributed by atoms with van der Waals surface area (Å²) < 4.78 is 0. The third kappa shape index (κ3) is 4.41. The zero-order valence-electron chi connectivity index (χ0n) is 21.8. The molecule has 11 heteroatoms. The minimum atomic E-state index is -0.194.